The summed E-state index contributed by atoms with van der Waals surface area (Å²) >= 11 is 5.87. The van der Waals surface area contributed by atoms with Gasteiger partial charge in [0.1, 0.15) is 0 Å². The molecule has 2 aromatic rings. The Morgan fingerprint density at radius 1 is 1.17 bits per heavy atom. The summed E-state index contributed by atoms with van der Waals surface area (Å²) in [6.07, 6.45) is 0. The minimum Gasteiger partial charge on any atom is -0.357 e. The van der Waals surface area contributed by atoms with Crippen LogP contribution in [0.2, 0.25) is 5.02 Å². The Bertz CT molecular complexity index is 717. The van der Waals surface area contributed by atoms with Gasteiger partial charge in [-0.05, 0) is 30.2 Å². The van der Waals surface area contributed by atoms with Gasteiger partial charge in [0, 0.05) is 30.2 Å². The molecule has 2 rings (SSSR count). The van der Waals surface area contributed by atoms with Gasteiger partial charge in [0.25, 0.3) is 5.69 Å². The van der Waals surface area contributed by atoms with E-state index in [1.807, 2.05) is 37.3 Å². The van der Waals surface area contributed by atoms with E-state index >= 15 is 0 Å². The molecule has 0 saturated heterocycles. The van der Waals surface area contributed by atoms with Gasteiger partial charge in [0.15, 0.2) is 5.96 Å². The summed E-state index contributed by atoms with van der Waals surface area (Å²) < 4.78 is 0. The highest BCUT2D eigenvalue weighted by Crippen LogP contribution is 2.13. The van der Waals surface area contributed by atoms with Gasteiger partial charge >= 0.3 is 0 Å². The molecular formula is C17H19ClN4O2. The average Bonchev–Trinajstić information content (AvgIpc) is 2.59. The molecule has 0 atom stereocenters. The number of benzene rings is 2. The van der Waals surface area contributed by atoms with E-state index in [0.717, 1.165) is 17.7 Å². The molecule has 126 valence electrons. The molecule has 0 spiro atoms. The topological polar surface area (TPSA) is 79.6 Å². The van der Waals surface area contributed by atoms with Crippen LogP contribution in [-0.4, -0.2) is 17.4 Å². The van der Waals surface area contributed by atoms with Crippen molar-refractivity contribution in [1.29, 1.82) is 0 Å². The fourth-order valence-electron chi connectivity index (χ4n) is 2.07. The number of hydrogen-bond acceptors (Lipinski definition) is 3. The van der Waals surface area contributed by atoms with Crippen LogP contribution in [0.1, 0.15) is 18.1 Å². The molecule has 0 bridgehead atoms. The maximum atomic E-state index is 10.8. The number of nitro groups is 1. The molecule has 0 saturated carbocycles. The van der Waals surface area contributed by atoms with Crippen LogP contribution in [0.25, 0.3) is 0 Å². The molecule has 2 aromatic carbocycles. The van der Waals surface area contributed by atoms with Crippen LogP contribution in [0.4, 0.5) is 5.69 Å². The van der Waals surface area contributed by atoms with E-state index in [9.17, 15) is 10.1 Å². The van der Waals surface area contributed by atoms with E-state index in [-0.39, 0.29) is 5.69 Å². The van der Waals surface area contributed by atoms with E-state index in [1.165, 1.54) is 12.1 Å². The van der Waals surface area contributed by atoms with Crippen molar-refractivity contribution in [3.8, 4) is 0 Å². The second kappa shape index (κ2) is 8.88. The number of aliphatic imine (C=N–C) groups is 1. The zero-order valence-corrected chi connectivity index (χ0v) is 14.1. The van der Waals surface area contributed by atoms with Crippen LogP contribution in [-0.2, 0) is 13.1 Å². The van der Waals surface area contributed by atoms with Crippen molar-refractivity contribution in [1.82, 2.24) is 10.6 Å². The number of halogens is 1. The lowest BCUT2D eigenvalue weighted by molar-refractivity contribution is -0.384. The third-order valence-corrected chi connectivity index (χ3v) is 3.51. The largest absolute Gasteiger partial charge is 0.357 e. The molecule has 7 heteroatoms. The minimum atomic E-state index is -0.406. The van der Waals surface area contributed by atoms with Gasteiger partial charge in [-0.2, -0.15) is 0 Å². The smallest absolute Gasteiger partial charge is 0.269 e. The summed E-state index contributed by atoms with van der Waals surface area (Å²) in [5.74, 6) is 0.652. The summed E-state index contributed by atoms with van der Waals surface area (Å²) in [5.41, 5.74) is 1.94. The van der Waals surface area contributed by atoms with Crippen LogP contribution in [0.15, 0.2) is 53.5 Å². The highest BCUT2D eigenvalue weighted by atomic mass is 35.5. The van der Waals surface area contributed by atoms with Crippen molar-refractivity contribution < 1.29 is 4.92 Å². The van der Waals surface area contributed by atoms with Gasteiger partial charge in [-0.1, -0.05) is 35.9 Å². The molecule has 0 aliphatic heterocycles. The third kappa shape index (κ3) is 5.55. The van der Waals surface area contributed by atoms with Crippen LogP contribution in [0, 0.1) is 10.1 Å². The molecule has 0 amide bonds. The predicted molar refractivity (Wildman–Crippen MR) is 96.2 cm³/mol. The van der Waals surface area contributed by atoms with Gasteiger partial charge in [0.2, 0.25) is 0 Å². The molecule has 0 aliphatic rings. The van der Waals surface area contributed by atoms with Crippen molar-refractivity contribution in [2.45, 2.75) is 20.0 Å². The first-order valence-electron chi connectivity index (χ1n) is 7.58. The quantitative estimate of drug-likeness (QED) is 0.363. The number of hydrogen-bond donors (Lipinski definition) is 2. The van der Waals surface area contributed by atoms with E-state index in [2.05, 4.69) is 15.6 Å². The SMILES string of the molecule is CCNC(=NCc1cccc([N+](=O)[O-])c1)NCc1ccc(Cl)cc1. The van der Waals surface area contributed by atoms with Crippen molar-refractivity contribution in [2.24, 2.45) is 4.99 Å². The zero-order chi connectivity index (χ0) is 17.4. The summed E-state index contributed by atoms with van der Waals surface area (Å²) in [7, 11) is 0. The van der Waals surface area contributed by atoms with Crippen molar-refractivity contribution in [2.75, 3.05) is 6.54 Å². The summed E-state index contributed by atoms with van der Waals surface area (Å²) in [6, 6.07) is 14.1. The fourth-order valence-corrected chi connectivity index (χ4v) is 2.19. The Morgan fingerprint density at radius 2 is 1.92 bits per heavy atom. The van der Waals surface area contributed by atoms with Crippen molar-refractivity contribution >= 4 is 23.2 Å². The average molecular weight is 347 g/mol. The molecular weight excluding hydrogens is 328 g/mol. The molecule has 0 fully saturated rings. The molecule has 0 aromatic heterocycles. The highest BCUT2D eigenvalue weighted by molar-refractivity contribution is 6.30. The Balaban J connectivity index is 2.00. The first kappa shape index (κ1) is 17.7. The van der Waals surface area contributed by atoms with Gasteiger partial charge in [-0.15, -0.1) is 0 Å². The van der Waals surface area contributed by atoms with E-state index in [4.69, 9.17) is 11.6 Å². The standard InChI is InChI=1S/C17H19ClN4O2/c1-2-19-17(20-11-13-6-8-15(18)9-7-13)21-12-14-4-3-5-16(10-14)22(23)24/h3-10H,2,11-12H2,1H3,(H2,19,20,21). The van der Waals surface area contributed by atoms with Crippen molar-refractivity contribution in [3.63, 3.8) is 0 Å². The molecule has 0 aliphatic carbocycles. The van der Waals surface area contributed by atoms with Gasteiger partial charge < -0.3 is 10.6 Å². The monoisotopic (exact) mass is 346 g/mol. The minimum absolute atomic E-state index is 0.0711. The normalized spacial score (nSPS) is 11.2. The zero-order valence-electron chi connectivity index (χ0n) is 13.3. The molecule has 0 radical (unpaired) electrons. The van der Waals surface area contributed by atoms with E-state index in [0.29, 0.717) is 24.1 Å². The maximum Gasteiger partial charge on any atom is 0.269 e. The van der Waals surface area contributed by atoms with Crippen LogP contribution >= 0.6 is 11.6 Å². The lowest BCUT2D eigenvalue weighted by Gasteiger charge is -2.11. The number of rotatable bonds is 6. The summed E-state index contributed by atoms with van der Waals surface area (Å²) in [5, 5.41) is 17.9. The molecule has 6 nitrogen and oxygen atoms in total. The van der Waals surface area contributed by atoms with Crippen molar-refractivity contribution in [3.05, 3.63) is 74.8 Å². The molecule has 24 heavy (non-hydrogen) atoms. The second-order valence-corrected chi connectivity index (χ2v) is 5.54. The lowest BCUT2D eigenvalue weighted by atomic mass is 10.2. The first-order valence-corrected chi connectivity index (χ1v) is 7.96. The number of nitro benzene ring substituents is 1. The van der Waals surface area contributed by atoms with Gasteiger partial charge in [-0.25, -0.2) is 4.99 Å². The Hall–Kier alpha value is -2.60. The van der Waals surface area contributed by atoms with E-state index < -0.39 is 4.92 Å². The van der Waals surface area contributed by atoms with E-state index in [1.54, 1.807) is 6.07 Å². The van der Waals surface area contributed by atoms with Gasteiger partial charge in [0.05, 0.1) is 11.5 Å². The molecule has 2 N–H and O–H groups in total. The number of non-ortho nitro benzene ring substituents is 1. The second-order valence-electron chi connectivity index (χ2n) is 5.10. The number of guanidine groups is 1. The Morgan fingerprint density at radius 3 is 2.58 bits per heavy atom. The van der Waals surface area contributed by atoms with Crippen LogP contribution in [0.5, 0.6) is 0 Å². The molecule has 0 heterocycles. The maximum absolute atomic E-state index is 10.8. The fraction of sp³-hybridized carbons (Fsp3) is 0.235. The number of nitrogens with zero attached hydrogens (tertiary/aromatic N) is 2. The van der Waals surface area contributed by atoms with Crippen LogP contribution in [0.3, 0.4) is 0 Å². The van der Waals surface area contributed by atoms with Crippen LogP contribution < -0.4 is 10.6 Å². The summed E-state index contributed by atoms with van der Waals surface area (Å²) in [4.78, 5) is 14.9. The molecule has 0 unspecified atom stereocenters. The summed E-state index contributed by atoms with van der Waals surface area (Å²) in [6.45, 7) is 3.67. The Labute approximate surface area is 145 Å². The van der Waals surface area contributed by atoms with Gasteiger partial charge in [-0.3, -0.25) is 10.1 Å². The highest BCUT2D eigenvalue weighted by Gasteiger charge is 2.05. The lowest BCUT2D eigenvalue weighted by Crippen LogP contribution is -2.36. The predicted octanol–water partition coefficient (Wildman–Crippen LogP) is 3.50. The first-order chi connectivity index (χ1) is 11.6. The number of nitrogens with one attached hydrogen (secondary N) is 2. The Kier molecular flexibility index (Phi) is 6.57. The third-order valence-electron chi connectivity index (χ3n) is 3.26.